The van der Waals surface area contributed by atoms with Gasteiger partial charge in [0.05, 0.1) is 0 Å². The van der Waals surface area contributed by atoms with Crippen LogP contribution in [0.1, 0.15) is 33.9 Å². The van der Waals surface area contributed by atoms with Crippen LogP contribution in [0, 0.1) is 5.92 Å². The number of aromatic amines is 1. The summed E-state index contributed by atoms with van der Waals surface area (Å²) in [6, 6.07) is -0.907. The van der Waals surface area contributed by atoms with E-state index in [1.54, 1.807) is 13.8 Å². The molecule has 2 aromatic rings. The Hall–Kier alpha value is -3.30. The highest BCUT2D eigenvalue weighted by molar-refractivity contribution is 7.16. The van der Waals surface area contributed by atoms with E-state index in [4.69, 9.17) is 30.4 Å². The first-order valence-electron chi connectivity index (χ1n) is 10.2. The summed E-state index contributed by atoms with van der Waals surface area (Å²) in [7, 11) is 0. The van der Waals surface area contributed by atoms with Crippen LogP contribution in [0.5, 0.6) is 0 Å². The molecule has 5 atom stereocenters. The number of anilines is 1. The van der Waals surface area contributed by atoms with E-state index in [0.29, 0.717) is 11.3 Å². The Kier molecular flexibility index (Phi) is 7.38. The van der Waals surface area contributed by atoms with Gasteiger partial charge in [-0.05, 0) is 5.92 Å². The first kappa shape index (κ1) is 25.3. The summed E-state index contributed by atoms with van der Waals surface area (Å²) >= 11 is 0.579. The number of aromatic nitrogens is 3. The van der Waals surface area contributed by atoms with Crippen molar-refractivity contribution in [2.75, 3.05) is 12.3 Å². The van der Waals surface area contributed by atoms with Gasteiger partial charge in [-0.1, -0.05) is 25.2 Å². The van der Waals surface area contributed by atoms with E-state index in [0.717, 1.165) is 18.4 Å². The highest BCUT2D eigenvalue weighted by atomic mass is 32.1. The van der Waals surface area contributed by atoms with Crippen LogP contribution in [0.3, 0.4) is 0 Å². The van der Waals surface area contributed by atoms with E-state index in [1.165, 1.54) is 0 Å². The number of nitrogens with one attached hydrogen (secondary N) is 1. The Bertz CT molecular complexity index is 1220. The molecule has 0 spiro atoms. The summed E-state index contributed by atoms with van der Waals surface area (Å²) in [4.78, 5) is 66.5. The number of nitrogens with two attached hydrogens (primary N) is 2. The molecule has 2 aromatic heterocycles. The summed E-state index contributed by atoms with van der Waals surface area (Å²) < 4.78 is 22.7. The normalized spacial score (nSPS) is 23.1. The Balaban J connectivity index is 2.03. The number of nitrogen functional groups attached to an aromatic ring is 1. The van der Waals surface area contributed by atoms with Gasteiger partial charge in [0.25, 0.3) is 5.56 Å². The number of hydrogen-bond acceptors (Lipinski definition) is 13. The predicted octanol–water partition coefficient (Wildman–Crippen LogP) is -0.984. The quantitative estimate of drug-likeness (QED) is 0.310. The molecule has 0 amide bonds. The van der Waals surface area contributed by atoms with Crippen LogP contribution < -0.4 is 21.9 Å². The van der Waals surface area contributed by atoms with E-state index < -0.39 is 65.5 Å². The van der Waals surface area contributed by atoms with Crippen LogP contribution in [0.4, 0.5) is 5.95 Å². The Morgan fingerprint density at radius 2 is 1.79 bits per heavy atom. The summed E-state index contributed by atoms with van der Waals surface area (Å²) in [6.45, 7) is 5.30. The highest BCUT2D eigenvalue weighted by Gasteiger charge is 2.51. The fourth-order valence-electron chi connectivity index (χ4n) is 3.40. The molecule has 0 bridgehead atoms. The van der Waals surface area contributed by atoms with Gasteiger partial charge in [0.2, 0.25) is 5.95 Å². The minimum absolute atomic E-state index is 0.0359. The maximum absolute atomic E-state index is 12.8. The molecular formula is C19H25N5O9S. The smallest absolute Gasteiger partial charge is 0.323 e. The first-order valence-corrected chi connectivity index (χ1v) is 11.0. The van der Waals surface area contributed by atoms with Crippen molar-refractivity contribution in [3.63, 3.8) is 0 Å². The maximum Gasteiger partial charge on any atom is 0.323 e. The van der Waals surface area contributed by atoms with E-state index in [1.807, 2.05) is 0 Å². The second-order valence-corrected chi connectivity index (χ2v) is 8.92. The van der Waals surface area contributed by atoms with Gasteiger partial charge in [-0.2, -0.15) is 4.98 Å². The van der Waals surface area contributed by atoms with Crippen molar-refractivity contribution in [1.82, 2.24) is 14.5 Å². The standard InChI is InChI=1S/C19H25N5O9S/c1-6(2)10(20)17(28)30-5-9-11(31-7(3)25)12(32-8(4)26)16(33-9)24-14-13(34-19(24)29)15(27)23-18(21)22-14/h6,9-12,16H,5,20H2,1-4H3,(H3,21,22,23,27)/t9-,10+,11-,12?,16-/m1/s1. The van der Waals surface area contributed by atoms with E-state index in [-0.39, 0.29) is 22.2 Å². The number of ether oxygens (including phenoxy) is 4. The topological polar surface area (TPSA) is 208 Å². The molecule has 1 aliphatic heterocycles. The van der Waals surface area contributed by atoms with Gasteiger partial charge in [0.1, 0.15) is 23.5 Å². The fourth-order valence-corrected chi connectivity index (χ4v) is 4.25. The summed E-state index contributed by atoms with van der Waals surface area (Å²) in [6.07, 6.45) is -5.09. The van der Waals surface area contributed by atoms with Crippen LogP contribution in [0.25, 0.3) is 10.3 Å². The molecule has 1 unspecified atom stereocenters. The van der Waals surface area contributed by atoms with Crippen molar-refractivity contribution in [1.29, 1.82) is 0 Å². The lowest BCUT2D eigenvalue weighted by Gasteiger charge is -2.23. The Morgan fingerprint density at radius 3 is 2.38 bits per heavy atom. The van der Waals surface area contributed by atoms with Crippen molar-refractivity contribution in [3.05, 3.63) is 20.0 Å². The molecule has 5 N–H and O–H groups in total. The molecule has 0 saturated carbocycles. The average molecular weight is 500 g/mol. The number of hydrogen-bond donors (Lipinski definition) is 3. The van der Waals surface area contributed by atoms with Crippen molar-refractivity contribution < 1.29 is 33.3 Å². The summed E-state index contributed by atoms with van der Waals surface area (Å²) in [5, 5.41) is 0. The van der Waals surface area contributed by atoms with Crippen LogP contribution in [0.15, 0.2) is 9.59 Å². The average Bonchev–Trinajstić information content (AvgIpc) is 3.21. The molecule has 1 saturated heterocycles. The third kappa shape index (κ3) is 5.10. The number of rotatable bonds is 7. The second-order valence-electron chi connectivity index (χ2n) is 7.95. The molecule has 0 radical (unpaired) electrons. The molecule has 186 valence electrons. The van der Waals surface area contributed by atoms with Gasteiger partial charge >= 0.3 is 22.8 Å². The van der Waals surface area contributed by atoms with Crippen molar-refractivity contribution >= 4 is 45.5 Å². The molecule has 14 nitrogen and oxygen atoms in total. The van der Waals surface area contributed by atoms with Gasteiger partial charge < -0.3 is 30.4 Å². The molecule has 0 aliphatic carbocycles. The van der Waals surface area contributed by atoms with E-state index in [2.05, 4.69) is 9.97 Å². The van der Waals surface area contributed by atoms with Gasteiger partial charge in [0, 0.05) is 13.8 Å². The largest absolute Gasteiger partial charge is 0.462 e. The number of esters is 3. The zero-order valence-corrected chi connectivity index (χ0v) is 19.6. The minimum Gasteiger partial charge on any atom is -0.462 e. The SMILES string of the molecule is CC(=O)OC1[C@H](n2c(=O)sc3c(=O)[nH]c(N)nc32)O[C@H](COC(=O)[C@@H](N)C(C)C)[C@H]1OC(C)=O. The van der Waals surface area contributed by atoms with Crippen molar-refractivity contribution in [3.8, 4) is 0 Å². The lowest BCUT2D eigenvalue weighted by Crippen LogP contribution is -2.43. The number of fused-ring (bicyclic) bond motifs is 1. The number of carbonyl (C=O) groups is 3. The molecule has 15 heteroatoms. The molecule has 34 heavy (non-hydrogen) atoms. The van der Waals surface area contributed by atoms with E-state index in [9.17, 15) is 24.0 Å². The van der Waals surface area contributed by atoms with Crippen molar-refractivity contribution in [2.24, 2.45) is 11.7 Å². The number of carbonyl (C=O) groups excluding carboxylic acids is 3. The monoisotopic (exact) mass is 499 g/mol. The van der Waals surface area contributed by atoms with Crippen LogP contribution in [0.2, 0.25) is 0 Å². The van der Waals surface area contributed by atoms with E-state index >= 15 is 0 Å². The first-order chi connectivity index (χ1) is 15.9. The number of nitrogens with zero attached hydrogens (tertiary/aromatic N) is 2. The lowest BCUT2D eigenvalue weighted by atomic mass is 10.1. The van der Waals surface area contributed by atoms with Gasteiger partial charge in [-0.3, -0.25) is 33.5 Å². The Morgan fingerprint density at radius 1 is 1.18 bits per heavy atom. The highest BCUT2D eigenvalue weighted by Crippen LogP contribution is 2.35. The molecular weight excluding hydrogens is 474 g/mol. The molecule has 3 heterocycles. The second kappa shape index (κ2) is 9.90. The van der Waals surface area contributed by atoms with Crippen LogP contribution >= 0.6 is 11.3 Å². The third-order valence-electron chi connectivity index (χ3n) is 5.02. The molecule has 1 aliphatic rings. The predicted molar refractivity (Wildman–Crippen MR) is 118 cm³/mol. The summed E-state index contributed by atoms with van der Waals surface area (Å²) in [5.74, 6) is -2.66. The number of thiazole rings is 1. The minimum atomic E-state index is -1.37. The maximum atomic E-state index is 12.8. The fraction of sp³-hybridized carbons (Fsp3) is 0.579. The molecule has 1 fully saturated rings. The van der Waals surface area contributed by atoms with Gasteiger partial charge in [-0.25, -0.2) is 0 Å². The lowest BCUT2D eigenvalue weighted by molar-refractivity contribution is -0.166. The molecule has 0 aromatic carbocycles. The zero-order valence-electron chi connectivity index (χ0n) is 18.8. The molecule has 3 rings (SSSR count). The Labute approximate surface area is 196 Å². The summed E-state index contributed by atoms with van der Waals surface area (Å²) in [5.41, 5.74) is 10.7. The van der Waals surface area contributed by atoms with Gasteiger partial charge in [-0.15, -0.1) is 0 Å². The van der Waals surface area contributed by atoms with Crippen molar-refractivity contribution in [2.45, 2.75) is 58.3 Å². The zero-order chi connectivity index (χ0) is 25.3. The van der Waals surface area contributed by atoms with Crippen LogP contribution in [-0.4, -0.2) is 63.4 Å². The van der Waals surface area contributed by atoms with Crippen LogP contribution in [-0.2, 0) is 33.3 Å². The third-order valence-corrected chi connectivity index (χ3v) is 5.96. The number of H-pyrrole nitrogens is 1. The van der Waals surface area contributed by atoms with Gasteiger partial charge in [0.15, 0.2) is 24.1 Å².